The van der Waals surface area contributed by atoms with E-state index in [0.29, 0.717) is 23.3 Å². The molecule has 1 heterocycles. The Morgan fingerprint density at radius 3 is 2.34 bits per heavy atom. The van der Waals surface area contributed by atoms with Crippen LogP contribution in [0, 0.1) is 0 Å². The molecule has 9 heteroatoms. The molecule has 2 aromatic carbocycles. The van der Waals surface area contributed by atoms with E-state index in [1.54, 1.807) is 6.92 Å². The zero-order valence-electron chi connectivity index (χ0n) is 16.0. The van der Waals surface area contributed by atoms with Crippen LogP contribution >= 0.6 is 27.7 Å². The molecule has 0 saturated carbocycles. The summed E-state index contributed by atoms with van der Waals surface area (Å²) >= 11 is 4.66. The van der Waals surface area contributed by atoms with Crippen molar-refractivity contribution in [2.45, 2.75) is 30.9 Å². The average molecular weight is 477 g/mol. The van der Waals surface area contributed by atoms with Crippen LogP contribution in [0.1, 0.15) is 19.7 Å². The van der Waals surface area contributed by atoms with Crippen molar-refractivity contribution in [3.05, 3.63) is 58.8 Å². The molecule has 2 N–H and O–H groups in total. The lowest BCUT2D eigenvalue weighted by Gasteiger charge is -2.13. The van der Waals surface area contributed by atoms with Crippen LogP contribution < -0.4 is 15.2 Å². The van der Waals surface area contributed by atoms with Crippen LogP contribution in [0.25, 0.3) is 5.69 Å². The maximum Gasteiger partial charge on any atom is 0.230 e. The quantitative estimate of drug-likeness (QED) is 0.469. The number of benzene rings is 2. The number of primary amides is 1. The topological polar surface area (TPSA) is 92.3 Å². The predicted molar refractivity (Wildman–Crippen MR) is 116 cm³/mol. The molecular weight excluding hydrogens is 456 g/mol. The number of nitrogens with two attached hydrogens (primary N) is 1. The van der Waals surface area contributed by atoms with E-state index in [1.165, 1.54) is 11.8 Å². The van der Waals surface area contributed by atoms with Gasteiger partial charge in [0.1, 0.15) is 18.1 Å². The molecule has 0 saturated heterocycles. The van der Waals surface area contributed by atoms with Crippen molar-refractivity contribution >= 4 is 33.6 Å². The highest BCUT2D eigenvalue weighted by molar-refractivity contribution is 9.10. The minimum Gasteiger partial charge on any atom is -0.494 e. The zero-order valence-corrected chi connectivity index (χ0v) is 18.4. The Kier molecular flexibility index (Phi) is 7.16. The van der Waals surface area contributed by atoms with E-state index < -0.39 is 11.2 Å². The van der Waals surface area contributed by atoms with Gasteiger partial charge in [0.25, 0.3) is 0 Å². The first-order valence-electron chi connectivity index (χ1n) is 8.99. The van der Waals surface area contributed by atoms with E-state index in [1.807, 2.05) is 60.0 Å². The lowest BCUT2D eigenvalue weighted by atomic mass is 10.3. The predicted octanol–water partition coefficient (Wildman–Crippen LogP) is 3.97. The monoisotopic (exact) mass is 476 g/mol. The van der Waals surface area contributed by atoms with Crippen molar-refractivity contribution in [2.75, 3.05) is 6.61 Å². The third-order valence-corrected chi connectivity index (χ3v) is 5.56. The summed E-state index contributed by atoms with van der Waals surface area (Å²) in [6.45, 7) is 4.48. The Morgan fingerprint density at radius 2 is 1.72 bits per heavy atom. The standard InChI is InChI=1S/C20H21BrN4O3S/c1-3-27-16-10-6-15(7-11-16)25-18(12-28-17-8-4-14(21)5-9-17)23-24-20(25)29-13(2)19(22)26/h4-11,13H,3,12H2,1-2H3,(H2,22,26)/t13-/m1/s1. The fraction of sp³-hybridized carbons (Fsp3) is 0.250. The Hall–Kier alpha value is -2.52. The van der Waals surface area contributed by atoms with Gasteiger partial charge in [0, 0.05) is 10.2 Å². The zero-order chi connectivity index (χ0) is 20.8. The van der Waals surface area contributed by atoms with Gasteiger partial charge in [0.05, 0.1) is 11.9 Å². The Morgan fingerprint density at radius 1 is 1.10 bits per heavy atom. The molecular formula is C20H21BrN4O3S. The first-order valence-corrected chi connectivity index (χ1v) is 10.7. The molecule has 0 unspecified atom stereocenters. The summed E-state index contributed by atoms with van der Waals surface area (Å²) in [5.41, 5.74) is 6.26. The molecule has 3 rings (SSSR count). The fourth-order valence-corrected chi connectivity index (χ4v) is 3.58. The number of nitrogens with zero attached hydrogens (tertiary/aromatic N) is 3. The number of amides is 1. The smallest absolute Gasteiger partial charge is 0.230 e. The van der Waals surface area contributed by atoms with Gasteiger partial charge in [-0.25, -0.2) is 0 Å². The molecule has 0 aliphatic rings. The van der Waals surface area contributed by atoms with Gasteiger partial charge in [-0.05, 0) is 62.4 Å². The Balaban J connectivity index is 1.89. The molecule has 3 aromatic rings. The molecule has 152 valence electrons. The van der Waals surface area contributed by atoms with Gasteiger partial charge in [-0.3, -0.25) is 9.36 Å². The second-order valence-electron chi connectivity index (χ2n) is 6.07. The van der Waals surface area contributed by atoms with E-state index in [0.717, 1.165) is 15.9 Å². The van der Waals surface area contributed by atoms with E-state index in [-0.39, 0.29) is 6.61 Å². The number of halogens is 1. The van der Waals surface area contributed by atoms with Crippen LogP contribution in [-0.2, 0) is 11.4 Å². The molecule has 1 amide bonds. The summed E-state index contributed by atoms with van der Waals surface area (Å²) in [5.74, 6) is 1.69. The first kappa shape index (κ1) is 21.2. The van der Waals surface area contributed by atoms with Crippen LogP contribution in [0.15, 0.2) is 58.2 Å². The summed E-state index contributed by atoms with van der Waals surface area (Å²) in [5, 5.41) is 8.64. The normalized spacial score (nSPS) is 11.8. The summed E-state index contributed by atoms with van der Waals surface area (Å²) in [6, 6.07) is 15.1. The first-order chi connectivity index (χ1) is 14.0. The van der Waals surface area contributed by atoms with Gasteiger partial charge in [-0.2, -0.15) is 0 Å². The van der Waals surface area contributed by atoms with Crippen LogP contribution in [0.5, 0.6) is 11.5 Å². The molecule has 29 heavy (non-hydrogen) atoms. The fourth-order valence-electron chi connectivity index (χ4n) is 2.48. The second kappa shape index (κ2) is 9.80. The molecule has 0 fully saturated rings. The van der Waals surface area contributed by atoms with Gasteiger partial charge < -0.3 is 15.2 Å². The number of carbonyl (C=O) groups is 1. The number of aromatic nitrogens is 3. The highest BCUT2D eigenvalue weighted by Crippen LogP contribution is 2.27. The minimum atomic E-state index is -0.444. The number of hydrogen-bond acceptors (Lipinski definition) is 6. The van der Waals surface area contributed by atoms with Crippen LogP contribution in [0.4, 0.5) is 0 Å². The summed E-state index contributed by atoms with van der Waals surface area (Å²) in [7, 11) is 0. The van der Waals surface area contributed by atoms with Crippen molar-refractivity contribution in [3.8, 4) is 17.2 Å². The minimum absolute atomic E-state index is 0.216. The van der Waals surface area contributed by atoms with E-state index in [2.05, 4.69) is 26.1 Å². The third kappa shape index (κ3) is 5.51. The summed E-state index contributed by atoms with van der Waals surface area (Å²) < 4.78 is 14.2. The van der Waals surface area contributed by atoms with E-state index >= 15 is 0 Å². The van der Waals surface area contributed by atoms with Crippen molar-refractivity contribution in [1.82, 2.24) is 14.8 Å². The maximum atomic E-state index is 11.5. The number of ether oxygens (including phenoxy) is 2. The molecule has 7 nitrogen and oxygen atoms in total. The average Bonchev–Trinajstić information content (AvgIpc) is 3.10. The highest BCUT2D eigenvalue weighted by Gasteiger charge is 2.20. The van der Waals surface area contributed by atoms with Crippen LogP contribution in [-0.4, -0.2) is 32.5 Å². The van der Waals surface area contributed by atoms with Crippen LogP contribution in [0.3, 0.4) is 0 Å². The van der Waals surface area contributed by atoms with Crippen molar-refractivity contribution < 1.29 is 14.3 Å². The van der Waals surface area contributed by atoms with Gasteiger partial charge in [-0.15, -0.1) is 10.2 Å². The number of hydrogen-bond donors (Lipinski definition) is 1. The van der Waals surface area contributed by atoms with Crippen molar-refractivity contribution in [2.24, 2.45) is 5.73 Å². The van der Waals surface area contributed by atoms with Gasteiger partial charge >= 0.3 is 0 Å². The van der Waals surface area contributed by atoms with Crippen molar-refractivity contribution in [1.29, 1.82) is 0 Å². The number of thioether (sulfide) groups is 1. The molecule has 0 aliphatic carbocycles. The number of rotatable bonds is 9. The largest absolute Gasteiger partial charge is 0.494 e. The molecule has 1 aromatic heterocycles. The highest BCUT2D eigenvalue weighted by atomic mass is 79.9. The summed E-state index contributed by atoms with van der Waals surface area (Å²) in [4.78, 5) is 11.5. The molecule has 0 radical (unpaired) electrons. The van der Waals surface area contributed by atoms with Gasteiger partial charge in [0.2, 0.25) is 5.91 Å². The molecule has 0 spiro atoms. The number of carbonyl (C=O) groups excluding carboxylic acids is 1. The lowest BCUT2D eigenvalue weighted by Crippen LogP contribution is -2.23. The van der Waals surface area contributed by atoms with Crippen molar-refractivity contribution in [3.63, 3.8) is 0 Å². The second-order valence-corrected chi connectivity index (χ2v) is 8.29. The Bertz CT molecular complexity index is 961. The van der Waals surface area contributed by atoms with Crippen LogP contribution in [0.2, 0.25) is 0 Å². The molecule has 0 bridgehead atoms. The lowest BCUT2D eigenvalue weighted by molar-refractivity contribution is -0.117. The SMILES string of the molecule is CCOc1ccc(-n2c(COc3ccc(Br)cc3)nnc2S[C@H](C)C(N)=O)cc1. The van der Waals surface area contributed by atoms with E-state index in [4.69, 9.17) is 15.2 Å². The summed E-state index contributed by atoms with van der Waals surface area (Å²) in [6.07, 6.45) is 0. The Labute approximate surface area is 181 Å². The molecule has 0 aliphatic heterocycles. The van der Waals surface area contributed by atoms with Gasteiger partial charge in [0.15, 0.2) is 11.0 Å². The van der Waals surface area contributed by atoms with Gasteiger partial charge in [-0.1, -0.05) is 27.7 Å². The van der Waals surface area contributed by atoms with E-state index in [9.17, 15) is 4.79 Å². The molecule has 1 atom stereocenters. The maximum absolute atomic E-state index is 11.5. The third-order valence-electron chi connectivity index (χ3n) is 3.97.